The first-order valence-corrected chi connectivity index (χ1v) is 10.6. The van der Waals surface area contributed by atoms with Gasteiger partial charge < -0.3 is 24.4 Å². The molecule has 0 spiro atoms. The number of phenols is 1. The topological polar surface area (TPSA) is 114 Å². The van der Waals surface area contributed by atoms with Crippen LogP contribution in [0.25, 0.3) is 0 Å². The molecule has 1 amide bonds. The molecule has 1 aliphatic rings. The lowest BCUT2D eigenvalue weighted by Gasteiger charge is -2.32. The standard InChI is InChI=1S/C21H19Br2NO7/c1-21(2,6-5-17(25)26)19(13-7-11(22)8-14(23)18(13)27)31-20(28)24-12-3-4-15-16(9-12)30-10-29-15/h3-9,19,27H,10H2,1-2H3,(H,24,28)(H,25,26)/b6-5+/t19-/m1/s1. The third-order valence-electron chi connectivity index (χ3n) is 4.52. The van der Waals surface area contributed by atoms with Crippen molar-refractivity contribution in [1.29, 1.82) is 0 Å². The largest absolute Gasteiger partial charge is 0.506 e. The van der Waals surface area contributed by atoms with Gasteiger partial charge in [-0.1, -0.05) is 35.9 Å². The second kappa shape index (κ2) is 9.19. The van der Waals surface area contributed by atoms with Crippen LogP contribution in [0.15, 0.2) is 51.4 Å². The Balaban J connectivity index is 1.91. The number of carbonyl (C=O) groups is 2. The van der Waals surface area contributed by atoms with Crippen LogP contribution in [-0.4, -0.2) is 29.1 Å². The van der Waals surface area contributed by atoms with Gasteiger partial charge >= 0.3 is 12.1 Å². The molecule has 2 aromatic carbocycles. The summed E-state index contributed by atoms with van der Waals surface area (Å²) in [7, 11) is 0. The Morgan fingerprint density at radius 3 is 2.61 bits per heavy atom. The number of carboxylic acids is 1. The lowest BCUT2D eigenvalue weighted by Crippen LogP contribution is -2.28. The molecule has 1 atom stereocenters. The normalized spacial score (nSPS) is 13.8. The van der Waals surface area contributed by atoms with E-state index in [9.17, 15) is 14.7 Å². The first kappa shape index (κ1) is 23.0. The number of carbonyl (C=O) groups excluding carboxylic acids is 1. The van der Waals surface area contributed by atoms with Gasteiger partial charge in [-0.2, -0.15) is 0 Å². The van der Waals surface area contributed by atoms with Gasteiger partial charge in [-0.15, -0.1) is 0 Å². The summed E-state index contributed by atoms with van der Waals surface area (Å²) in [6, 6.07) is 8.14. The molecule has 1 aliphatic heterocycles. The minimum Gasteiger partial charge on any atom is -0.506 e. The molecule has 0 aromatic heterocycles. The second-order valence-corrected chi connectivity index (χ2v) is 9.07. The van der Waals surface area contributed by atoms with Crippen LogP contribution in [0, 0.1) is 5.41 Å². The summed E-state index contributed by atoms with van der Waals surface area (Å²) in [6.07, 6.45) is 0.556. The Bertz CT molecular complexity index is 1050. The maximum atomic E-state index is 12.7. The van der Waals surface area contributed by atoms with E-state index >= 15 is 0 Å². The van der Waals surface area contributed by atoms with Crippen molar-refractivity contribution in [3.63, 3.8) is 0 Å². The number of anilines is 1. The molecule has 31 heavy (non-hydrogen) atoms. The monoisotopic (exact) mass is 555 g/mol. The van der Waals surface area contributed by atoms with Crippen LogP contribution < -0.4 is 14.8 Å². The van der Waals surface area contributed by atoms with E-state index < -0.39 is 23.6 Å². The Morgan fingerprint density at radius 1 is 1.19 bits per heavy atom. The molecule has 0 unspecified atom stereocenters. The number of phenolic OH excluding ortho intramolecular Hbond substituents is 1. The van der Waals surface area contributed by atoms with Crippen LogP contribution in [0.3, 0.4) is 0 Å². The van der Waals surface area contributed by atoms with Crippen LogP contribution in [0.1, 0.15) is 25.5 Å². The van der Waals surface area contributed by atoms with Crippen molar-refractivity contribution in [1.82, 2.24) is 0 Å². The predicted molar refractivity (Wildman–Crippen MR) is 119 cm³/mol. The van der Waals surface area contributed by atoms with E-state index in [0.717, 1.165) is 6.08 Å². The fourth-order valence-corrected chi connectivity index (χ4v) is 4.26. The van der Waals surface area contributed by atoms with Gasteiger partial charge in [0.1, 0.15) is 11.9 Å². The van der Waals surface area contributed by atoms with Gasteiger partial charge in [0, 0.05) is 33.3 Å². The maximum absolute atomic E-state index is 12.7. The van der Waals surface area contributed by atoms with E-state index in [0.29, 0.717) is 31.7 Å². The van der Waals surface area contributed by atoms with Crippen LogP contribution in [0.5, 0.6) is 17.2 Å². The lowest BCUT2D eigenvalue weighted by atomic mass is 9.81. The number of aromatic hydroxyl groups is 1. The highest BCUT2D eigenvalue weighted by Gasteiger charge is 2.35. The van der Waals surface area contributed by atoms with Crippen LogP contribution in [0.4, 0.5) is 10.5 Å². The van der Waals surface area contributed by atoms with Crippen LogP contribution in [0.2, 0.25) is 0 Å². The number of amides is 1. The first-order valence-electron chi connectivity index (χ1n) is 9.04. The highest BCUT2D eigenvalue weighted by molar-refractivity contribution is 9.11. The zero-order chi connectivity index (χ0) is 22.8. The molecule has 164 valence electrons. The number of rotatable bonds is 6. The molecule has 10 heteroatoms. The second-order valence-electron chi connectivity index (χ2n) is 7.30. The van der Waals surface area contributed by atoms with Gasteiger partial charge in [0.05, 0.1) is 4.47 Å². The van der Waals surface area contributed by atoms with Gasteiger partial charge in [-0.3, -0.25) is 5.32 Å². The average molecular weight is 557 g/mol. The predicted octanol–water partition coefficient (Wildman–Crippen LogP) is 5.60. The van der Waals surface area contributed by atoms with Crippen molar-refractivity contribution in [3.8, 4) is 17.2 Å². The van der Waals surface area contributed by atoms with Crippen LogP contribution >= 0.6 is 31.9 Å². The highest BCUT2D eigenvalue weighted by atomic mass is 79.9. The number of benzene rings is 2. The molecular weight excluding hydrogens is 538 g/mol. The van der Waals surface area contributed by atoms with Crippen molar-refractivity contribution in [2.45, 2.75) is 20.0 Å². The molecule has 0 saturated carbocycles. The number of hydrogen-bond donors (Lipinski definition) is 3. The fourth-order valence-electron chi connectivity index (χ4n) is 3.00. The SMILES string of the molecule is CC(C)(/C=C/C(=O)O)[C@H](OC(=O)Nc1ccc2c(c1)OCO2)c1cc(Br)cc(Br)c1O. The molecule has 2 aromatic rings. The molecule has 8 nitrogen and oxygen atoms in total. The smallest absolute Gasteiger partial charge is 0.412 e. The minimum atomic E-state index is -1.14. The zero-order valence-corrected chi connectivity index (χ0v) is 19.7. The number of carboxylic acid groups (broad SMARTS) is 1. The number of nitrogens with one attached hydrogen (secondary N) is 1. The third-order valence-corrected chi connectivity index (χ3v) is 5.58. The minimum absolute atomic E-state index is 0.104. The summed E-state index contributed by atoms with van der Waals surface area (Å²) < 4.78 is 17.3. The van der Waals surface area contributed by atoms with Crippen molar-refractivity contribution in [3.05, 3.63) is 57.0 Å². The number of halogens is 2. The molecule has 0 saturated heterocycles. The number of ether oxygens (including phenoxy) is 3. The molecule has 0 aliphatic carbocycles. The van der Waals surface area contributed by atoms with Gasteiger partial charge in [0.25, 0.3) is 0 Å². The Hall–Kier alpha value is -2.72. The van der Waals surface area contributed by atoms with Gasteiger partial charge in [0.2, 0.25) is 6.79 Å². The van der Waals surface area contributed by atoms with Crippen molar-refractivity contribution in [2.75, 3.05) is 12.1 Å². The highest BCUT2D eigenvalue weighted by Crippen LogP contribution is 2.45. The fraction of sp³-hybridized carbons (Fsp3) is 0.238. The summed E-state index contributed by atoms with van der Waals surface area (Å²) >= 11 is 6.63. The van der Waals surface area contributed by atoms with Gasteiger partial charge in [-0.05, 0) is 40.2 Å². The van der Waals surface area contributed by atoms with Gasteiger partial charge in [-0.25, -0.2) is 9.59 Å². The summed E-state index contributed by atoms with van der Waals surface area (Å²) in [4.78, 5) is 23.8. The summed E-state index contributed by atoms with van der Waals surface area (Å²) in [6.45, 7) is 3.49. The van der Waals surface area contributed by atoms with Crippen molar-refractivity contribution < 1.29 is 34.0 Å². The first-order chi connectivity index (χ1) is 14.6. The van der Waals surface area contributed by atoms with Crippen molar-refractivity contribution >= 4 is 49.6 Å². The molecule has 1 heterocycles. The number of hydrogen-bond acceptors (Lipinski definition) is 6. The van der Waals surface area contributed by atoms with Crippen LogP contribution in [-0.2, 0) is 9.53 Å². The van der Waals surface area contributed by atoms with E-state index in [1.54, 1.807) is 44.2 Å². The Morgan fingerprint density at radius 2 is 1.90 bits per heavy atom. The van der Waals surface area contributed by atoms with E-state index in [1.165, 1.54) is 6.08 Å². The van der Waals surface area contributed by atoms with E-state index in [2.05, 4.69) is 37.2 Å². The molecule has 0 fully saturated rings. The zero-order valence-electron chi connectivity index (χ0n) is 16.5. The molecule has 3 N–H and O–H groups in total. The Kier molecular flexibility index (Phi) is 6.80. The molecule has 0 bridgehead atoms. The van der Waals surface area contributed by atoms with E-state index in [4.69, 9.17) is 19.3 Å². The lowest BCUT2D eigenvalue weighted by molar-refractivity contribution is -0.131. The number of fused-ring (bicyclic) bond motifs is 1. The molecular formula is C21H19Br2NO7. The average Bonchev–Trinajstić information content (AvgIpc) is 3.15. The van der Waals surface area contributed by atoms with Gasteiger partial charge in [0.15, 0.2) is 11.5 Å². The quantitative estimate of drug-likeness (QED) is 0.396. The summed E-state index contributed by atoms with van der Waals surface area (Å²) in [5, 5.41) is 22.2. The maximum Gasteiger partial charge on any atom is 0.412 e. The summed E-state index contributed by atoms with van der Waals surface area (Å²) in [5.41, 5.74) is -0.267. The molecule has 0 radical (unpaired) electrons. The van der Waals surface area contributed by atoms with Crippen molar-refractivity contribution in [2.24, 2.45) is 5.41 Å². The third kappa shape index (κ3) is 5.50. The van der Waals surface area contributed by atoms with E-state index in [1.807, 2.05) is 0 Å². The Labute approximate surface area is 195 Å². The van der Waals surface area contributed by atoms with E-state index in [-0.39, 0.29) is 12.5 Å². The molecule has 3 rings (SSSR count). The summed E-state index contributed by atoms with van der Waals surface area (Å²) in [5.74, 6) is -0.203. The number of aliphatic carboxylic acids is 1.